The van der Waals surface area contributed by atoms with Crippen LogP contribution in [-0.2, 0) is 13.8 Å². The second-order valence-corrected chi connectivity index (χ2v) is 7.70. The van der Waals surface area contributed by atoms with E-state index in [1.54, 1.807) is 0 Å². The van der Waals surface area contributed by atoms with Crippen LogP contribution < -0.4 is 0 Å². The van der Waals surface area contributed by atoms with E-state index in [0.717, 1.165) is 51.7 Å². The molecule has 2 rings (SSSR count). The molecule has 1 aliphatic heterocycles. The molecule has 1 saturated heterocycles. The second kappa shape index (κ2) is 4.22. The zero-order valence-corrected chi connectivity index (χ0v) is 10.3. The van der Waals surface area contributed by atoms with Crippen molar-refractivity contribution in [2.45, 2.75) is 43.3 Å². The van der Waals surface area contributed by atoms with Crippen molar-refractivity contribution in [3.63, 3.8) is 0 Å². The van der Waals surface area contributed by atoms with Crippen LogP contribution in [0.3, 0.4) is 0 Å². The SMILES string of the molecule is O=S(=O)(Cl)C1(CCCC2CCOC2)CC1. The number of ether oxygens (including phenoxy) is 1. The molecule has 0 radical (unpaired) electrons. The Balaban J connectivity index is 1.74. The van der Waals surface area contributed by atoms with Crippen molar-refractivity contribution < 1.29 is 13.2 Å². The van der Waals surface area contributed by atoms with E-state index in [9.17, 15) is 8.42 Å². The predicted molar refractivity (Wildman–Crippen MR) is 59.5 cm³/mol. The third-order valence-corrected chi connectivity index (χ3v) is 6.22. The zero-order valence-electron chi connectivity index (χ0n) is 8.75. The van der Waals surface area contributed by atoms with Gasteiger partial charge in [0.2, 0.25) is 9.05 Å². The first kappa shape index (κ1) is 11.7. The molecule has 5 heteroatoms. The Bertz CT molecular complexity index is 316. The van der Waals surface area contributed by atoms with E-state index >= 15 is 0 Å². The summed E-state index contributed by atoms with van der Waals surface area (Å²) in [4.78, 5) is 0. The van der Waals surface area contributed by atoms with Gasteiger partial charge in [0, 0.05) is 23.9 Å². The zero-order chi connectivity index (χ0) is 10.9. The Labute approximate surface area is 95.6 Å². The fourth-order valence-corrected chi connectivity index (χ4v) is 3.95. The summed E-state index contributed by atoms with van der Waals surface area (Å²) in [6.07, 6.45) is 5.39. The van der Waals surface area contributed by atoms with Crippen LogP contribution in [-0.4, -0.2) is 26.4 Å². The predicted octanol–water partition coefficient (Wildman–Crippen LogP) is 2.29. The molecule has 88 valence electrons. The van der Waals surface area contributed by atoms with Gasteiger partial charge in [0.15, 0.2) is 0 Å². The van der Waals surface area contributed by atoms with E-state index in [1.165, 1.54) is 0 Å². The lowest BCUT2D eigenvalue weighted by Crippen LogP contribution is -2.18. The molecular formula is C10H17ClO3S. The molecule has 1 unspecified atom stereocenters. The topological polar surface area (TPSA) is 43.4 Å². The quantitative estimate of drug-likeness (QED) is 0.705. The second-order valence-electron chi connectivity index (χ2n) is 4.74. The van der Waals surface area contributed by atoms with Gasteiger partial charge in [-0.25, -0.2) is 8.42 Å². The van der Waals surface area contributed by atoms with Gasteiger partial charge in [0.1, 0.15) is 0 Å². The van der Waals surface area contributed by atoms with Crippen LogP contribution in [0, 0.1) is 5.92 Å². The molecule has 1 heterocycles. The van der Waals surface area contributed by atoms with Crippen molar-refractivity contribution in [3.8, 4) is 0 Å². The first-order valence-electron chi connectivity index (χ1n) is 5.55. The normalized spacial score (nSPS) is 29.3. The summed E-state index contributed by atoms with van der Waals surface area (Å²) in [6, 6.07) is 0. The lowest BCUT2D eigenvalue weighted by Gasteiger charge is -2.12. The third kappa shape index (κ3) is 2.66. The minimum absolute atomic E-state index is 0.561. The fourth-order valence-electron chi connectivity index (χ4n) is 2.28. The van der Waals surface area contributed by atoms with E-state index < -0.39 is 13.8 Å². The summed E-state index contributed by atoms with van der Waals surface area (Å²) >= 11 is 0. The summed E-state index contributed by atoms with van der Waals surface area (Å²) in [6.45, 7) is 1.71. The molecular weight excluding hydrogens is 236 g/mol. The smallest absolute Gasteiger partial charge is 0.238 e. The van der Waals surface area contributed by atoms with Crippen molar-refractivity contribution in [2.24, 2.45) is 5.92 Å². The van der Waals surface area contributed by atoms with Crippen LogP contribution in [0.1, 0.15) is 38.5 Å². The fraction of sp³-hybridized carbons (Fsp3) is 1.00. The highest BCUT2D eigenvalue weighted by molar-refractivity contribution is 8.15. The Kier molecular flexibility index (Phi) is 3.29. The van der Waals surface area contributed by atoms with Crippen molar-refractivity contribution in [3.05, 3.63) is 0 Å². The van der Waals surface area contributed by atoms with Crippen LogP contribution in [0.5, 0.6) is 0 Å². The summed E-state index contributed by atoms with van der Waals surface area (Å²) in [5.74, 6) is 0.638. The Morgan fingerprint density at radius 2 is 2.13 bits per heavy atom. The van der Waals surface area contributed by atoms with Gasteiger partial charge in [0.05, 0.1) is 4.75 Å². The van der Waals surface area contributed by atoms with E-state index in [0.29, 0.717) is 5.92 Å². The Morgan fingerprint density at radius 3 is 2.60 bits per heavy atom. The number of hydrogen-bond donors (Lipinski definition) is 0. The highest BCUT2D eigenvalue weighted by Crippen LogP contribution is 2.49. The third-order valence-electron chi connectivity index (χ3n) is 3.59. The van der Waals surface area contributed by atoms with Crippen LogP contribution >= 0.6 is 10.7 Å². The maximum Gasteiger partial charge on any atom is 0.238 e. The minimum atomic E-state index is -3.35. The number of halogens is 1. The Hall–Kier alpha value is 0.200. The van der Waals surface area contributed by atoms with Crippen molar-refractivity contribution in [2.75, 3.05) is 13.2 Å². The molecule has 0 aromatic carbocycles. The van der Waals surface area contributed by atoms with Crippen LogP contribution in [0.2, 0.25) is 0 Å². The highest BCUT2D eigenvalue weighted by Gasteiger charge is 2.52. The first-order valence-corrected chi connectivity index (χ1v) is 7.86. The minimum Gasteiger partial charge on any atom is -0.381 e. The van der Waals surface area contributed by atoms with Gasteiger partial charge in [-0.05, 0) is 38.0 Å². The van der Waals surface area contributed by atoms with Crippen molar-refractivity contribution in [1.82, 2.24) is 0 Å². The van der Waals surface area contributed by atoms with Gasteiger partial charge in [-0.15, -0.1) is 0 Å². The van der Waals surface area contributed by atoms with Crippen molar-refractivity contribution in [1.29, 1.82) is 0 Å². The molecule has 0 bridgehead atoms. The maximum absolute atomic E-state index is 11.3. The summed E-state index contributed by atoms with van der Waals surface area (Å²) in [5.41, 5.74) is 0. The van der Waals surface area contributed by atoms with E-state index in [4.69, 9.17) is 15.4 Å². The standard InChI is InChI=1S/C10H17ClO3S/c11-15(12,13)10(5-6-10)4-1-2-9-3-7-14-8-9/h9H,1-8H2. The van der Waals surface area contributed by atoms with E-state index in [1.807, 2.05) is 0 Å². The van der Waals surface area contributed by atoms with Gasteiger partial charge in [-0.3, -0.25) is 0 Å². The molecule has 2 aliphatic rings. The molecule has 3 nitrogen and oxygen atoms in total. The molecule has 1 aliphatic carbocycles. The summed E-state index contributed by atoms with van der Waals surface area (Å²) < 4.78 is 27.3. The molecule has 1 saturated carbocycles. The molecule has 2 fully saturated rings. The molecule has 0 spiro atoms. The molecule has 0 aromatic rings. The van der Waals surface area contributed by atoms with E-state index in [-0.39, 0.29) is 0 Å². The van der Waals surface area contributed by atoms with Crippen LogP contribution in [0.15, 0.2) is 0 Å². The maximum atomic E-state index is 11.3. The largest absolute Gasteiger partial charge is 0.381 e. The van der Waals surface area contributed by atoms with Crippen LogP contribution in [0.25, 0.3) is 0 Å². The molecule has 0 amide bonds. The van der Waals surface area contributed by atoms with Gasteiger partial charge in [0.25, 0.3) is 0 Å². The van der Waals surface area contributed by atoms with Crippen molar-refractivity contribution >= 4 is 19.7 Å². The first-order chi connectivity index (χ1) is 7.04. The van der Waals surface area contributed by atoms with Gasteiger partial charge < -0.3 is 4.74 Å². The number of rotatable bonds is 5. The highest BCUT2D eigenvalue weighted by atomic mass is 35.7. The monoisotopic (exact) mass is 252 g/mol. The Morgan fingerprint density at radius 1 is 1.40 bits per heavy atom. The van der Waals surface area contributed by atoms with Gasteiger partial charge >= 0.3 is 0 Å². The lowest BCUT2D eigenvalue weighted by atomic mass is 10.0. The molecule has 15 heavy (non-hydrogen) atoms. The van der Waals surface area contributed by atoms with Gasteiger partial charge in [-0.1, -0.05) is 6.42 Å². The van der Waals surface area contributed by atoms with E-state index in [2.05, 4.69) is 0 Å². The average Bonchev–Trinajstić information content (AvgIpc) is 2.75. The summed E-state index contributed by atoms with van der Waals surface area (Å²) in [7, 11) is 2.08. The summed E-state index contributed by atoms with van der Waals surface area (Å²) in [5, 5.41) is 0. The van der Waals surface area contributed by atoms with Crippen LogP contribution in [0.4, 0.5) is 0 Å². The number of hydrogen-bond acceptors (Lipinski definition) is 3. The van der Waals surface area contributed by atoms with Gasteiger partial charge in [-0.2, -0.15) is 0 Å². The molecule has 1 atom stereocenters. The molecule has 0 aromatic heterocycles. The average molecular weight is 253 g/mol. The lowest BCUT2D eigenvalue weighted by molar-refractivity contribution is 0.183. The molecule has 0 N–H and O–H groups in total.